The van der Waals surface area contributed by atoms with Crippen molar-refractivity contribution in [3.05, 3.63) is 59.3 Å². The summed E-state index contributed by atoms with van der Waals surface area (Å²) >= 11 is 3.70. The molecule has 0 bridgehead atoms. The Labute approximate surface area is 256 Å². The number of aromatic nitrogens is 7. The van der Waals surface area contributed by atoms with Gasteiger partial charge in [-0.25, -0.2) is 9.36 Å². The van der Waals surface area contributed by atoms with E-state index in [2.05, 4.69) is 40.5 Å². The van der Waals surface area contributed by atoms with Gasteiger partial charge in [0.25, 0.3) is 11.8 Å². The van der Waals surface area contributed by atoms with Crippen molar-refractivity contribution < 1.29 is 28.9 Å². The number of fused-ring (bicyclic) bond motifs is 1. The molecule has 0 saturated carbocycles. The van der Waals surface area contributed by atoms with Crippen LogP contribution in [0.1, 0.15) is 24.2 Å². The summed E-state index contributed by atoms with van der Waals surface area (Å²) in [5.74, 6) is -1.51. The number of aromatic amines is 1. The maximum absolute atomic E-state index is 13.3. The predicted molar refractivity (Wildman–Crippen MR) is 154 cm³/mol. The molecule has 3 aromatic heterocycles. The van der Waals surface area contributed by atoms with E-state index in [0.717, 1.165) is 29.9 Å². The highest BCUT2D eigenvalue weighted by Gasteiger charge is 2.55. The number of nitrogens with two attached hydrogens (primary N) is 1. The SMILES string of the molecule is Nc1nc(C(=NOC2C=CCC2)C(=O)NC2C(=O)N3C(C(=O)O)=C(C[n+]4ccc(CSc5nn[nH]n5)cc4)CS[C@@H]23)ns1. The van der Waals surface area contributed by atoms with Crippen LogP contribution in [0.2, 0.25) is 0 Å². The van der Waals surface area contributed by atoms with Crippen LogP contribution in [0.25, 0.3) is 0 Å². The summed E-state index contributed by atoms with van der Waals surface area (Å²) in [7, 11) is 0. The van der Waals surface area contributed by atoms with Crippen LogP contribution in [0.4, 0.5) is 5.13 Å². The number of tetrazole rings is 1. The highest BCUT2D eigenvalue weighted by Crippen LogP contribution is 2.40. The molecule has 3 aromatic rings. The number of nitrogen functional groups attached to an aromatic ring is 1. The molecule has 0 aromatic carbocycles. The molecule has 3 atom stereocenters. The van der Waals surface area contributed by atoms with Crippen molar-refractivity contribution in [3.8, 4) is 0 Å². The summed E-state index contributed by atoms with van der Waals surface area (Å²) in [5.41, 5.74) is 7.01. The molecule has 222 valence electrons. The van der Waals surface area contributed by atoms with Crippen LogP contribution in [-0.2, 0) is 31.5 Å². The van der Waals surface area contributed by atoms with Crippen molar-refractivity contribution in [3.63, 3.8) is 0 Å². The van der Waals surface area contributed by atoms with Crippen molar-refractivity contribution in [2.45, 2.75) is 47.8 Å². The largest absolute Gasteiger partial charge is 0.477 e. The van der Waals surface area contributed by atoms with Crippen LogP contribution in [0.5, 0.6) is 0 Å². The lowest BCUT2D eigenvalue weighted by Gasteiger charge is -2.49. The standard InChI is InChI=1S/C24H23N11O5S3/c25-23-27-18(31-43-23)15(30-40-14-3-1-2-4-14)19(36)26-16-20(37)35-17(22(38)39)13(11-41-21(16)35)9-34-7-5-12(6-8-34)10-42-24-28-32-33-29-24/h1,3,5-8,14,16,21H,2,4,9-11H2,(H4-,25,26,27,28,29,31,32,33,36,38,39)/p+1/t14?,16?,21-/m0/s1. The number of carboxylic acids is 1. The van der Waals surface area contributed by atoms with Gasteiger partial charge in [-0.05, 0) is 29.7 Å². The second-order valence-corrected chi connectivity index (χ2v) is 12.4. The average Bonchev–Trinajstić information content (AvgIpc) is 3.80. The summed E-state index contributed by atoms with van der Waals surface area (Å²) in [5, 5.41) is 30.6. The lowest BCUT2D eigenvalue weighted by atomic mass is 10.0. The van der Waals surface area contributed by atoms with Gasteiger partial charge in [-0.3, -0.25) is 14.5 Å². The minimum Gasteiger partial charge on any atom is -0.477 e. The van der Waals surface area contributed by atoms with Crippen LogP contribution in [0, 0.1) is 0 Å². The number of nitrogens with one attached hydrogen (secondary N) is 2. The Balaban J connectivity index is 1.13. The zero-order valence-corrected chi connectivity index (χ0v) is 24.6. The topological polar surface area (TPSA) is 218 Å². The second kappa shape index (κ2) is 12.5. The number of β-lactam (4-membered cyclic amide) rings is 1. The third-order valence-electron chi connectivity index (χ3n) is 6.68. The summed E-state index contributed by atoms with van der Waals surface area (Å²) < 4.78 is 5.91. The number of carboxylic acid groups (broad SMARTS) is 1. The fourth-order valence-corrected chi connectivity index (χ4v) is 7.08. The fourth-order valence-electron chi connectivity index (χ4n) is 4.61. The van der Waals surface area contributed by atoms with E-state index in [9.17, 15) is 19.5 Å². The third kappa shape index (κ3) is 6.22. The Kier molecular flexibility index (Phi) is 8.34. The average molecular weight is 643 g/mol. The number of hydrogen-bond acceptors (Lipinski definition) is 14. The maximum Gasteiger partial charge on any atom is 0.352 e. The molecule has 2 amide bonds. The molecule has 43 heavy (non-hydrogen) atoms. The molecule has 1 saturated heterocycles. The Morgan fingerprint density at radius 1 is 1.35 bits per heavy atom. The first-order valence-corrected chi connectivity index (χ1v) is 15.7. The van der Waals surface area contributed by atoms with Gasteiger partial charge in [0.2, 0.25) is 16.7 Å². The molecule has 5 N–H and O–H groups in total. The van der Waals surface area contributed by atoms with Gasteiger partial charge in [0.1, 0.15) is 23.2 Å². The van der Waals surface area contributed by atoms with Gasteiger partial charge >= 0.3 is 5.97 Å². The Hall–Kier alpha value is -4.36. The predicted octanol–water partition coefficient (Wildman–Crippen LogP) is 0.0913. The van der Waals surface area contributed by atoms with E-state index in [1.54, 1.807) is 0 Å². The van der Waals surface area contributed by atoms with Gasteiger partial charge in [0.15, 0.2) is 24.1 Å². The first kappa shape index (κ1) is 28.7. The third-order valence-corrected chi connectivity index (χ3v) is 9.47. The smallest absolute Gasteiger partial charge is 0.352 e. The minimum atomic E-state index is -1.21. The molecular weight excluding hydrogens is 619 g/mol. The number of hydrogen-bond donors (Lipinski definition) is 4. The zero-order valence-electron chi connectivity index (χ0n) is 22.2. The number of nitrogens with zero attached hydrogens (tertiary/aromatic N) is 8. The zero-order chi connectivity index (χ0) is 29.9. The summed E-state index contributed by atoms with van der Waals surface area (Å²) in [6.45, 7) is 0.279. The lowest BCUT2D eigenvalue weighted by molar-refractivity contribution is -0.689. The first-order chi connectivity index (χ1) is 20.9. The van der Waals surface area contributed by atoms with Crippen molar-refractivity contribution in [1.82, 2.24) is 40.2 Å². The van der Waals surface area contributed by atoms with Gasteiger partial charge in [-0.15, -0.1) is 22.0 Å². The van der Waals surface area contributed by atoms with Gasteiger partial charge in [-0.2, -0.15) is 14.6 Å². The monoisotopic (exact) mass is 642 g/mol. The Bertz CT molecular complexity index is 1620. The molecule has 1 fully saturated rings. The molecule has 3 aliphatic rings. The Morgan fingerprint density at radius 3 is 2.86 bits per heavy atom. The summed E-state index contributed by atoms with van der Waals surface area (Å²) in [6.07, 6.45) is 8.75. The molecule has 2 aliphatic heterocycles. The number of thioether (sulfide) groups is 2. The second-order valence-electron chi connectivity index (χ2n) is 9.53. The van der Waals surface area contributed by atoms with Crippen LogP contribution in [0.3, 0.4) is 0 Å². The first-order valence-electron chi connectivity index (χ1n) is 12.9. The van der Waals surface area contributed by atoms with Gasteiger partial charge in [0.05, 0.1) is 0 Å². The molecule has 5 heterocycles. The minimum absolute atomic E-state index is 0.0215. The van der Waals surface area contributed by atoms with Crippen molar-refractivity contribution >= 4 is 63.7 Å². The number of oxime groups is 1. The van der Waals surface area contributed by atoms with E-state index in [4.69, 9.17) is 10.6 Å². The van der Waals surface area contributed by atoms with E-state index < -0.39 is 29.2 Å². The van der Waals surface area contributed by atoms with Gasteiger partial charge in [-0.1, -0.05) is 23.0 Å². The van der Waals surface area contributed by atoms with Gasteiger partial charge in [0, 0.05) is 40.7 Å². The van der Waals surface area contributed by atoms with Crippen molar-refractivity contribution in [2.75, 3.05) is 11.5 Å². The summed E-state index contributed by atoms with van der Waals surface area (Å²) in [6, 6.07) is 2.87. The number of rotatable bonds is 11. The number of carbonyl (C=O) groups is 3. The van der Waals surface area contributed by atoms with Crippen LogP contribution in [-0.4, -0.2) is 86.8 Å². The molecule has 6 rings (SSSR count). The molecule has 0 radical (unpaired) electrons. The highest BCUT2D eigenvalue weighted by molar-refractivity contribution is 8.00. The van der Waals surface area contributed by atoms with E-state index in [0.29, 0.717) is 22.2 Å². The van der Waals surface area contributed by atoms with E-state index in [-0.39, 0.29) is 35.0 Å². The van der Waals surface area contributed by atoms with E-state index in [1.807, 2.05) is 41.2 Å². The maximum atomic E-state index is 13.3. The number of H-pyrrole nitrogens is 1. The van der Waals surface area contributed by atoms with E-state index >= 15 is 0 Å². The van der Waals surface area contributed by atoms with Crippen molar-refractivity contribution in [2.24, 2.45) is 5.16 Å². The number of anilines is 1. The molecule has 2 unspecified atom stereocenters. The van der Waals surface area contributed by atoms with Crippen molar-refractivity contribution in [1.29, 1.82) is 0 Å². The Morgan fingerprint density at radius 2 is 2.19 bits per heavy atom. The summed E-state index contributed by atoms with van der Waals surface area (Å²) in [4.78, 5) is 49.6. The van der Waals surface area contributed by atoms with Crippen LogP contribution < -0.4 is 15.6 Å². The van der Waals surface area contributed by atoms with Gasteiger partial charge < -0.3 is 21.0 Å². The van der Waals surface area contributed by atoms with Crippen LogP contribution in [0.15, 0.2) is 58.3 Å². The molecule has 16 nitrogen and oxygen atoms in total. The number of aliphatic carboxylic acids is 1. The quantitative estimate of drug-likeness (QED) is 0.0545. The number of pyridine rings is 1. The normalized spacial score (nSPS) is 21.5. The molecule has 1 aliphatic carbocycles. The molecule has 0 spiro atoms. The molecule has 19 heteroatoms. The number of allylic oxidation sites excluding steroid dienone is 1. The lowest BCUT2D eigenvalue weighted by Crippen LogP contribution is -2.71. The number of amides is 2. The highest BCUT2D eigenvalue weighted by atomic mass is 32.2. The number of carbonyl (C=O) groups excluding carboxylic acids is 2. The fraction of sp³-hybridized carbons (Fsp3) is 0.333. The van der Waals surface area contributed by atoms with Crippen LogP contribution >= 0.6 is 35.1 Å². The molecular formula is C24H24N11O5S3+. The van der Waals surface area contributed by atoms with E-state index in [1.165, 1.54) is 28.4 Å².